The van der Waals surface area contributed by atoms with Crippen LogP contribution in [0.2, 0.25) is 0 Å². The summed E-state index contributed by atoms with van der Waals surface area (Å²) in [4.78, 5) is 0. The highest BCUT2D eigenvalue weighted by Gasteiger charge is 2.16. The lowest BCUT2D eigenvalue weighted by atomic mass is 9.85. The maximum absolute atomic E-state index is 9.36. The van der Waals surface area contributed by atoms with E-state index < -0.39 is 0 Å². The molecule has 26 heavy (non-hydrogen) atoms. The molecule has 0 aliphatic carbocycles. The van der Waals surface area contributed by atoms with Gasteiger partial charge in [-0.15, -0.1) is 0 Å². The fraction of sp³-hybridized carbons (Fsp3) is 0.455. The molecule has 2 aromatic carbocycles. The molecule has 2 aromatic rings. The van der Waals surface area contributed by atoms with Crippen molar-refractivity contribution in [2.75, 3.05) is 21.3 Å². The summed E-state index contributed by atoms with van der Waals surface area (Å²) in [6.45, 7) is 4.55. The lowest BCUT2D eigenvalue weighted by Gasteiger charge is -2.21. The molecule has 0 unspecified atom stereocenters. The second kappa shape index (κ2) is 9.48. The Labute approximate surface area is 156 Å². The van der Waals surface area contributed by atoms with Crippen LogP contribution >= 0.6 is 0 Å². The highest BCUT2D eigenvalue weighted by molar-refractivity contribution is 5.43. The standard InChI is InChI=1S/C22H30O4/c1-15(10-17-6-8-19(14-23)21(12-17)25-4)16(2)11-18-7-9-20(24-3)22(13-18)26-5/h6-9,12-13,15-16,23H,10-11,14H2,1-5H3/t15-,16+/m1/s1. The van der Waals surface area contributed by atoms with E-state index in [1.165, 1.54) is 11.1 Å². The summed E-state index contributed by atoms with van der Waals surface area (Å²) in [5.74, 6) is 3.30. The van der Waals surface area contributed by atoms with Gasteiger partial charge in [0.15, 0.2) is 11.5 Å². The third kappa shape index (κ3) is 4.92. The molecule has 0 amide bonds. The van der Waals surface area contributed by atoms with Crippen molar-refractivity contribution in [3.8, 4) is 17.2 Å². The van der Waals surface area contributed by atoms with E-state index in [1.54, 1.807) is 21.3 Å². The van der Waals surface area contributed by atoms with Gasteiger partial charge in [0.05, 0.1) is 27.9 Å². The Morgan fingerprint density at radius 3 is 1.73 bits per heavy atom. The van der Waals surface area contributed by atoms with Crippen LogP contribution in [-0.2, 0) is 19.4 Å². The first-order chi connectivity index (χ1) is 12.5. The van der Waals surface area contributed by atoms with Crippen LogP contribution in [0.25, 0.3) is 0 Å². The van der Waals surface area contributed by atoms with E-state index in [4.69, 9.17) is 14.2 Å². The Balaban J connectivity index is 2.04. The minimum Gasteiger partial charge on any atom is -0.496 e. The normalized spacial score (nSPS) is 13.2. The van der Waals surface area contributed by atoms with Crippen LogP contribution in [-0.4, -0.2) is 26.4 Å². The minimum atomic E-state index is -0.00525. The monoisotopic (exact) mass is 358 g/mol. The van der Waals surface area contributed by atoms with Crippen LogP contribution in [0.3, 0.4) is 0 Å². The Morgan fingerprint density at radius 2 is 1.23 bits per heavy atom. The number of ether oxygens (including phenoxy) is 3. The smallest absolute Gasteiger partial charge is 0.160 e. The average molecular weight is 358 g/mol. The summed E-state index contributed by atoms with van der Waals surface area (Å²) in [7, 11) is 4.96. The lowest BCUT2D eigenvalue weighted by molar-refractivity contribution is 0.273. The zero-order valence-electron chi connectivity index (χ0n) is 16.4. The van der Waals surface area contributed by atoms with Crippen molar-refractivity contribution in [3.05, 3.63) is 53.1 Å². The van der Waals surface area contributed by atoms with Gasteiger partial charge in [-0.2, -0.15) is 0 Å². The van der Waals surface area contributed by atoms with Crippen molar-refractivity contribution in [1.82, 2.24) is 0 Å². The van der Waals surface area contributed by atoms with Gasteiger partial charge in [0.2, 0.25) is 0 Å². The topological polar surface area (TPSA) is 47.9 Å². The maximum Gasteiger partial charge on any atom is 0.160 e. The molecule has 0 radical (unpaired) electrons. The van der Waals surface area contributed by atoms with Gasteiger partial charge >= 0.3 is 0 Å². The molecule has 0 aliphatic heterocycles. The number of aliphatic hydroxyl groups excluding tert-OH is 1. The number of aliphatic hydroxyl groups is 1. The molecule has 4 heteroatoms. The van der Waals surface area contributed by atoms with Gasteiger partial charge in [-0.05, 0) is 54.0 Å². The lowest BCUT2D eigenvalue weighted by Crippen LogP contribution is -2.14. The highest BCUT2D eigenvalue weighted by Crippen LogP contribution is 2.30. The van der Waals surface area contributed by atoms with Crippen molar-refractivity contribution in [3.63, 3.8) is 0 Å². The zero-order valence-corrected chi connectivity index (χ0v) is 16.4. The van der Waals surface area contributed by atoms with Gasteiger partial charge in [-0.25, -0.2) is 0 Å². The van der Waals surface area contributed by atoms with Gasteiger partial charge in [-0.3, -0.25) is 0 Å². The molecule has 0 fully saturated rings. The molecule has 0 spiro atoms. The highest BCUT2D eigenvalue weighted by atomic mass is 16.5. The average Bonchev–Trinajstić information content (AvgIpc) is 2.67. The Bertz CT molecular complexity index is 650. The summed E-state index contributed by atoms with van der Waals surface area (Å²) in [6.07, 6.45) is 1.95. The number of benzene rings is 2. The molecule has 2 rings (SSSR count). The number of methoxy groups -OCH3 is 3. The van der Waals surface area contributed by atoms with E-state index in [-0.39, 0.29) is 6.61 Å². The zero-order chi connectivity index (χ0) is 19.1. The second-order valence-corrected chi connectivity index (χ2v) is 6.86. The van der Waals surface area contributed by atoms with E-state index in [1.807, 2.05) is 18.2 Å². The van der Waals surface area contributed by atoms with Crippen LogP contribution < -0.4 is 14.2 Å². The van der Waals surface area contributed by atoms with Crippen molar-refractivity contribution >= 4 is 0 Å². The van der Waals surface area contributed by atoms with E-state index in [2.05, 4.69) is 32.0 Å². The molecular weight excluding hydrogens is 328 g/mol. The van der Waals surface area contributed by atoms with Crippen molar-refractivity contribution < 1.29 is 19.3 Å². The van der Waals surface area contributed by atoms with Gasteiger partial charge in [-0.1, -0.05) is 32.0 Å². The first-order valence-corrected chi connectivity index (χ1v) is 8.99. The molecule has 0 bridgehead atoms. The molecule has 2 atom stereocenters. The minimum absolute atomic E-state index is 0.00525. The number of rotatable bonds is 9. The van der Waals surface area contributed by atoms with Crippen molar-refractivity contribution in [2.45, 2.75) is 33.3 Å². The van der Waals surface area contributed by atoms with Gasteiger partial charge in [0.1, 0.15) is 5.75 Å². The Kier molecular flexibility index (Phi) is 7.34. The fourth-order valence-electron chi connectivity index (χ4n) is 3.20. The predicted molar refractivity (Wildman–Crippen MR) is 104 cm³/mol. The molecule has 0 aromatic heterocycles. The van der Waals surface area contributed by atoms with E-state index in [9.17, 15) is 5.11 Å². The third-order valence-corrected chi connectivity index (χ3v) is 5.06. The van der Waals surface area contributed by atoms with E-state index in [0.717, 1.165) is 35.7 Å². The third-order valence-electron chi connectivity index (χ3n) is 5.06. The van der Waals surface area contributed by atoms with E-state index >= 15 is 0 Å². The summed E-state index contributed by atoms with van der Waals surface area (Å²) in [6, 6.07) is 12.2. The fourth-order valence-corrected chi connectivity index (χ4v) is 3.20. The van der Waals surface area contributed by atoms with Crippen LogP contribution in [0.4, 0.5) is 0 Å². The predicted octanol–water partition coefficient (Wildman–Crippen LogP) is 4.26. The number of hydrogen-bond acceptors (Lipinski definition) is 4. The van der Waals surface area contributed by atoms with E-state index in [0.29, 0.717) is 11.8 Å². The Hall–Kier alpha value is -2.20. The van der Waals surface area contributed by atoms with Crippen LogP contribution in [0.1, 0.15) is 30.5 Å². The van der Waals surface area contributed by atoms with Gasteiger partial charge < -0.3 is 19.3 Å². The Morgan fingerprint density at radius 1 is 0.731 bits per heavy atom. The molecule has 0 heterocycles. The van der Waals surface area contributed by atoms with Crippen LogP contribution in [0.5, 0.6) is 17.2 Å². The molecule has 142 valence electrons. The first-order valence-electron chi connectivity index (χ1n) is 8.99. The molecular formula is C22H30O4. The van der Waals surface area contributed by atoms with Crippen molar-refractivity contribution in [1.29, 1.82) is 0 Å². The molecule has 0 saturated carbocycles. The second-order valence-electron chi connectivity index (χ2n) is 6.86. The molecule has 1 N–H and O–H groups in total. The van der Waals surface area contributed by atoms with Crippen LogP contribution in [0.15, 0.2) is 36.4 Å². The molecule has 4 nitrogen and oxygen atoms in total. The first kappa shape index (κ1) is 20.1. The molecule has 0 aliphatic rings. The van der Waals surface area contributed by atoms with Gasteiger partial charge in [0, 0.05) is 5.56 Å². The summed E-state index contributed by atoms with van der Waals surface area (Å²) in [5, 5.41) is 9.36. The van der Waals surface area contributed by atoms with Gasteiger partial charge in [0.25, 0.3) is 0 Å². The molecule has 0 saturated heterocycles. The van der Waals surface area contributed by atoms with Crippen LogP contribution in [0, 0.1) is 11.8 Å². The maximum atomic E-state index is 9.36. The summed E-state index contributed by atoms with van der Waals surface area (Å²) < 4.78 is 16.1. The van der Waals surface area contributed by atoms with Crippen molar-refractivity contribution in [2.24, 2.45) is 11.8 Å². The number of hydrogen-bond donors (Lipinski definition) is 1. The largest absolute Gasteiger partial charge is 0.496 e. The summed E-state index contributed by atoms with van der Waals surface area (Å²) >= 11 is 0. The quantitative estimate of drug-likeness (QED) is 0.727. The SMILES string of the molecule is COc1cc(C[C@@H](C)[C@@H](C)Cc2ccc(OC)c(OC)c2)ccc1CO. The summed E-state index contributed by atoms with van der Waals surface area (Å²) in [5.41, 5.74) is 3.29.